The lowest BCUT2D eigenvalue weighted by Crippen LogP contribution is -2.43. The molecule has 5 nitrogen and oxygen atoms in total. The summed E-state index contributed by atoms with van der Waals surface area (Å²) in [5, 5.41) is 3.30. The van der Waals surface area contributed by atoms with E-state index in [-0.39, 0.29) is 24.5 Å². The molecule has 2 rings (SSSR count). The summed E-state index contributed by atoms with van der Waals surface area (Å²) in [7, 11) is 0. The van der Waals surface area contributed by atoms with Crippen molar-refractivity contribution in [2.75, 3.05) is 5.32 Å². The molecule has 0 saturated heterocycles. The Balaban J connectivity index is 1.68. The maximum atomic E-state index is 12.0. The monoisotopic (exact) mass is 383 g/mol. The molecular weight excluding hydrogens is 358 g/mol. The Morgan fingerprint density at radius 3 is 2.30 bits per heavy atom. The van der Waals surface area contributed by atoms with Gasteiger partial charge in [0.1, 0.15) is 0 Å². The second-order valence-corrected chi connectivity index (χ2v) is 6.63. The number of nitrogens with one attached hydrogen (secondary N) is 3. The molecule has 0 unspecified atom stereocenters. The zero-order valence-electron chi connectivity index (χ0n) is 15.5. The highest BCUT2D eigenvalue weighted by atomic mass is 32.1. The number of amides is 1. The molecule has 1 amide bonds. The lowest BCUT2D eigenvalue weighted by molar-refractivity contribution is -0.121. The minimum atomic E-state index is -0.293. The molecule has 0 fully saturated rings. The third kappa shape index (κ3) is 7.58. The van der Waals surface area contributed by atoms with Crippen molar-refractivity contribution in [1.29, 1.82) is 0 Å². The zero-order valence-corrected chi connectivity index (χ0v) is 16.3. The third-order valence-corrected chi connectivity index (χ3v) is 4.23. The van der Waals surface area contributed by atoms with Crippen LogP contribution in [-0.4, -0.2) is 16.8 Å². The van der Waals surface area contributed by atoms with Crippen LogP contribution in [0.3, 0.4) is 0 Å². The highest BCUT2D eigenvalue weighted by molar-refractivity contribution is 7.80. The van der Waals surface area contributed by atoms with Gasteiger partial charge in [0, 0.05) is 24.1 Å². The van der Waals surface area contributed by atoms with Gasteiger partial charge in [-0.15, -0.1) is 0 Å². The summed E-state index contributed by atoms with van der Waals surface area (Å²) in [5.74, 6) is -0.354. The number of unbranched alkanes of at least 4 members (excludes halogenated alkanes) is 1. The molecule has 0 aromatic heterocycles. The van der Waals surface area contributed by atoms with Crippen LogP contribution in [0.2, 0.25) is 0 Å². The van der Waals surface area contributed by atoms with E-state index in [0.29, 0.717) is 10.7 Å². The first-order valence-electron chi connectivity index (χ1n) is 9.11. The van der Waals surface area contributed by atoms with Crippen LogP contribution in [0.1, 0.15) is 48.5 Å². The fourth-order valence-electron chi connectivity index (χ4n) is 2.48. The lowest BCUT2D eigenvalue weighted by atomic mass is 10.1. The third-order valence-electron chi connectivity index (χ3n) is 4.02. The first-order chi connectivity index (χ1) is 13.1. The number of benzene rings is 2. The number of aryl methyl sites for hydroxylation is 1. The molecule has 27 heavy (non-hydrogen) atoms. The summed E-state index contributed by atoms with van der Waals surface area (Å²) in [6.07, 6.45) is 3.65. The van der Waals surface area contributed by atoms with E-state index in [1.54, 1.807) is 24.3 Å². The Kier molecular flexibility index (Phi) is 8.45. The van der Waals surface area contributed by atoms with Gasteiger partial charge >= 0.3 is 0 Å². The van der Waals surface area contributed by atoms with Crippen LogP contribution < -0.4 is 16.2 Å². The molecule has 0 radical (unpaired) electrons. The standard InChI is InChI=1S/C21H25N3O2S/c1-2-3-7-16-10-12-18(13-11-16)22-21(27)24-23-20(26)15-14-19(25)17-8-5-4-6-9-17/h4-6,8-13H,2-3,7,14-15H2,1H3,(H,23,26)(H2,22,24,27). The quantitative estimate of drug-likeness (QED) is 0.365. The molecule has 2 aromatic rings. The Morgan fingerprint density at radius 1 is 0.926 bits per heavy atom. The van der Waals surface area contributed by atoms with Crippen LogP contribution in [0, 0.1) is 0 Å². The number of thiocarbonyl (C=S) groups is 1. The van der Waals surface area contributed by atoms with Crippen LogP contribution in [0.4, 0.5) is 5.69 Å². The van der Waals surface area contributed by atoms with Crippen molar-refractivity contribution in [2.24, 2.45) is 0 Å². The van der Waals surface area contributed by atoms with E-state index in [9.17, 15) is 9.59 Å². The summed E-state index contributed by atoms with van der Waals surface area (Å²) in [6, 6.07) is 17.0. The number of hydrogen-bond acceptors (Lipinski definition) is 3. The van der Waals surface area contributed by atoms with E-state index < -0.39 is 0 Å². The van der Waals surface area contributed by atoms with Gasteiger partial charge in [-0.25, -0.2) is 0 Å². The summed E-state index contributed by atoms with van der Waals surface area (Å²) in [5.41, 5.74) is 7.90. The van der Waals surface area contributed by atoms with Gasteiger partial charge in [-0.2, -0.15) is 0 Å². The molecule has 0 aliphatic heterocycles. The normalized spacial score (nSPS) is 10.1. The van der Waals surface area contributed by atoms with Gasteiger partial charge in [0.05, 0.1) is 0 Å². The van der Waals surface area contributed by atoms with Crippen LogP contribution in [0.25, 0.3) is 0 Å². The minimum absolute atomic E-state index is 0.0605. The van der Waals surface area contributed by atoms with E-state index in [0.717, 1.165) is 12.1 Å². The smallest absolute Gasteiger partial charge is 0.238 e. The summed E-state index contributed by atoms with van der Waals surface area (Å²) >= 11 is 5.17. The summed E-state index contributed by atoms with van der Waals surface area (Å²) in [6.45, 7) is 2.17. The fraction of sp³-hybridized carbons (Fsp3) is 0.286. The highest BCUT2D eigenvalue weighted by Crippen LogP contribution is 2.11. The number of anilines is 1. The molecule has 0 bridgehead atoms. The van der Waals surface area contributed by atoms with Crippen molar-refractivity contribution >= 4 is 34.7 Å². The second-order valence-electron chi connectivity index (χ2n) is 6.22. The van der Waals surface area contributed by atoms with E-state index in [2.05, 4.69) is 35.2 Å². The van der Waals surface area contributed by atoms with Gasteiger partial charge in [-0.1, -0.05) is 55.8 Å². The second kappa shape index (κ2) is 11.1. The molecule has 0 saturated carbocycles. The van der Waals surface area contributed by atoms with Crippen molar-refractivity contribution in [3.8, 4) is 0 Å². The van der Waals surface area contributed by atoms with E-state index in [1.807, 2.05) is 18.2 Å². The first-order valence-corrected chi connectivity index (χ1v) is 9.52. The highest BCUT2D eigenvalue weighted by Gasteiger charge is 2.09. The minimum Gasteiger partial charge on any atom is -0.331 e. The first kappa shape index (κ1) is 20.6. The van der Waals surface area contributed by atoms with Gasteiger partial charge in [-0.3, -0.25) is 20.4 Å². The Labute approximate surface area is 165 Å². The molecule has 0 atom stereocenters. The van der Waals surface area contributed by atoms with Crippen molar-refractivity contribution in [2.45, 2.75) is 39.0 Å². The number of Topliss-reactive ketones (excluding diaryl/α,β-unsaturated/α-hetero) is 1. The Hall–Kier alpha value is -2.73. The van der Waals surface area contributed by atoms with Crippen LogP contribution >= 0.6 is 12.2 Å². The average Bonchev–Trinajstić information content (AvgIpc) is 2.70. The number of carbonyl (C=O) groups is 2. The zero-order chi connectivity index (χ0) is 19.5. The van der Waals surface area contributed by atoms with Gasteiger partial charge in [0.15, 0.2) is 10.9 Å². The number of hydrogen-bond donors (Lipinski definition) is 3. The van der Waals surface area contributed by atoms with Gasteiger partial charge < -0.3 is 5.32 Å². The van der Waals surface area contributed by atoms with Crippen LogP contribution in [0.15, 0.2) is 54.6 Å². The van der Waals surface area contributed by atoms with E-state index in [4.69, 9.17) is 12.2 Å². The number of hydrazine groups is 1. The van der Waals surface area contributed by atoms with E-state index >= 15 is 0 Å². The molecule has 0 aliphatic carbocycles. The average molecular weight is 384 g/mol. The van der Waals surface area contributed by atoms with Gasteiger partial charge in [-0.05, 0) is 42.8 Å². The predicted octanol–water partition coefficient (Wildman–Crippen LogP) is 4.01. The predicted molar refractivity (Wildman–Crippen MR) is 113 cm³/mol. The SMILES string of the molecule is CCCCc1ccc(NC(=S)NNC(=O)CCC(=O)c2ccccc2)cc1. The molecule has 0 heterocycles. The van der Waals surface area contributed by atoms with Crippen molar-refractivity contribution in [3.63, 3.8) is 0 Å². The number of rotatable bonds is 8. The van der Waals surface area contributed by atoms with Crippen molar-refractivity contribution < 1.29 is 9.59 Å². The molecule has 142 valence electrons. The Morgan fingerprint density at radius 2 is 1.63 bits per heavy atom. The maximum Gasteiger partial charge on any atom is 0.238 e. The Bertz CT molecular complexity index is 761. The lowest BCUT2D eigenvalue weighted by Gasteiger charge is -2.12. The molecule has 3 N–H and O–H groups in total. The van der Waals surface area contributed by atoms with E-state index in [1.165, 1.54) is 18.4 Å². The molecule has 6 heteroatoms. The summed E-state index contributed by atoms with van der Waals surface area (Å²) < 4.78 is 0. The maximum absolute atomic E-state index is 12.0. The molecule has 0 aliphatic rings. The van der Waals surface area contributed by atoms with Gasteiger partial charge in [0.2, 0.25) is 5.91 Å². The molecule has 2 aromatic carbocycles. The van der Waals surface area contributed by atoms with Crippen LogP contribution in [-0.2, 0) is 11.2 Å². The molecule has 0 spiro atoms. The topological polar surface area (TPSA) is 70.2 Å². The van der Waals surface area contributed by atoms with Gasteiger partial charge in [0.25, 0.3) is 0 Å². The van der Waals surface area contributed by atoms with Crippen molar-refractivity contribution in [3.05, 3.63) is 65.7 Å². The number of ketones is 1. The van der Waals surface area contributed by atoms with Crippen LogP contribution in [0.5, 0.6) is 0 Å². The number of carbonyl (C=O) groups excluding carboxylic acids is 2. The largest absolute Gasteiger partial charge is 0.331 e. The summed E-state index contributed by atoms with van der Waals surface area (Å²) in [4.78, 5) is 23.9. The fourth-order valence-corrected chi connectivity index (χ4v) is 2.65. The van der Waals surface area contributed by atoms with Crippen molar-refractivity contribution in [1.82, 2.24) is 10.9 Å². The molecular formula is C21H25N3O2S.